The summed E-state index contributed by atoms with van der Waals surface area (Å²) in [5.74, 6) is -3.82. The number of fused-ring (bicyclic) bond motifs is 1. The lowest BCUT2D eigenvalue weighted by atomic mass is 10.1. The predicted molar refractivity (Wildman–Crippen MR) is 162 cm³/mol. The number of halogens is 2. The maximum Gasteiger partial charge on any atom is 0.338 e. The lowest BCUT2D eigenvalue weighted by molar-refractivity contribution is 0.0472. The van der Waals surface area contributed by atoms with E-state index in [1.54, 1.807) is 48.5 Å². The normalized spacial score (nSPS) is 12.1. The number of carbonyl (C=O) groups excluding carboxylic acids is 6. The molecule has 9 nitrogen and oxygen atoms in total. The molecule has 1 aliphatic heterocycles. The monoisotopic (exact) mass is 703 g/mol. The summed E-state index contributed by atoms with van der Waals surface area (Å²) in [7, 11) is 0. The Hall–Kier alpha value is -4.74. The number of benzene rings is 4. The van der Waals surface area contributed by atoms with E-state index in [9.17, 15) is 28.8 Å². The van der Waals surface area contributed by atoms with Crippen LogP contribution < -0.4 is 4.90 Å². The zero-order chi connectivity index (χ0) is 30.7. The summed E-state index contributed by atoms with van der Waals surface area (Å²) in [6.07, 6.45) is 0. The topological polar surface area (TPSA) is 124 Å². The molecule has 0 saturated heterocycles. The molecule has 1 aliphatic rings. The number of nitrogens with zero attached hydrogens (tertiary/aromatic N) is 1. The fourth-order valence-corrected chi connectivity index (χ4v) is 4.77. The Morgan fingerprint density at radius 3 is 1.56 bits per heavy atom. The van der Waals surface area contributed by atoms with Crippen LogP contribution in [0.25, 0.3) is 0 Å². The van der Waals surface area contributed by atoms with Gasteiger partial charge in [0, 0.05) is 20.1 Å². The Balaban J connectivity index is 1.25. The van der Waals surface area contributed by atoms with Crippen molar-refractivity contribution in [3.05, 3.63) is 133 Å². The van der Waals surface area contributed by atoms with E-state index < -0.39 is 48.5 Å². The van der Waals surface area contributed by atoms with Gasteiger partial charge in [-0.2, -0.15) is 0 Å². The van der Waals surface area contributed by atoms with E-state index in [1.165, 1.54) is 42.5 Å². The number of esters is 2. The second-order valence-electron chi connectivity index (χ2n) is 9.27. The Bertz CT molecular complexity index is 1800. The number of rotatable bonds is 9. The van der Waals surface area contributed by atoms with Crippen LogP contribution in [-0.4, -0.2) is 48.5 Å². The lowest BCUT2D eigenvalue weighted by Gasteiger charge is -2.14. The van der Waals surface area contributed by atoms with E-state index >= 15 is 0 Å². The van der Waals surface area contributed by atoms with Crippen molar-refractivity contribution in [2.24, 2.45) is 0 Å². The van der Waals surface area contributed by atoms with Crippen LogP contribution in [0.5, 0.6) is 0 Å². The quantitative estimate of drug-likeness (QED) is 0.117. The van der Waals surface area contributed by atoms with E-state index in [1.807, 2.05) is 0 Å². The molecule has 4 aromatic rings. The minimum Gasteiger partial charge on any atom is -0.454 e. The molecule has 4 aromatic carbocycles. The number of anilines is 1. The van der Waals surface area contributed by atoms with Gasteiger partial charge in [-0.25, -0.2) is 14.5 Å². The van der Waals surface area contributed by atoms with E-state index in [0.29, 0.717) is 11.1 Å². The number of hydrogen-bond acceptors (Lipinski definition) is 8. The van der Waals surface area contributed by atoms with E-state index in [2.05, 4.69) is 31.9 Å². The molecular weight excluding hydrogens is 686 g/mol. The highest BCUT2D eigenvalue weighted by atomic mass is 79.9. The molecule has 0 fully saturated rings. The van der Waals surface area contributed by atoms with Crippen molar-refractivity contribution in [1.82, 2.24) is 0 Å². The van der Waals surface area contributed by atoms with Crippen LogP contribution in [0.4, 0.5) is 5.69 Å². The van der Waals surface area contributed by atoms with Gasteiger partial charge < -0.3 is 9.47 Å². The van der Waals surface area contributed by atoms with Gasteiger partial charge in [-0.15, -0.1) is 0 Å². The third-order valence-electron chi connectivity index (χ3n) is 6.46. The molecule has 0 unspecified atom stereocenters. The highest BCUT2D eigenvalue weighted by Gasteiger charge is 2.37. The standard InChI is InChI=1S/C32H19Br2NO8/c33-22-9-4-18(5-10-22)27(36)16-42-31(40)20-2-1-3-24(14-20)35-29(38)25-13-8-21(15-26(25)30(35)39)32(41)43-17-28(37)19-6-11-23(34)12-7-19/h1-15H,16-17H2. The molecular formula is C32H19Br2NO8. The third-order valence-corrected chi connectivity index (χ3v) is 7.52. The summed E-state index contributed by atoms with van der Waals surface area (Å²) >= 11 is 6.57. The molecule has 0 saturated carbocycles. The van der Waals surface area contributed by atoms with Crippen LogP contribution in [0.3, 0.4) is 0 Å². The zero-order valence-electron chi connectivity index (χ0n) is 22.0. The van der Waals surface area contributed by atoms with Gasteiger partial charge in [0.1, 0.15) is 0 Å². The average Bonchev–Trinajstić information content (AvgIpc) is 3.27. The summed E-state index contributed by atoms with van der Waals surface area (Å²) in [5, 5.41) is 0. The largest absolute Gasteiger partial charge is 0.454 e. The highest BCUT2D eigenvalue weighted by molar-refractivity contribution is 9.10. The smallest absolute Gasteiger partial charge is 0.338 e. The molecule has 0 aromatic heterocycles. The molecule has 0 aliphatic carbocycles. The third kappa shape index (κ3) is 6.52. The Kier molecular flexibility index (Phi) is 8.74. The van der Waals surface area contributed by atoms with Gasteiger partial charge in [-0.3, -0.25) is 19.2 Å². The van der Waals surface area contributed by atoms with Crippen molar-refractivity contribution >= 4 is 72.9 Å². The van der Waals surface area contributed by atoms with Crippen molar-refractivity contribution in [2.45, 2.75) is 0 Å². The highest BCUT2D eigenvalue weighted by Crippen LogP contribution is 2.30. The van der Waals surface area contributed by atoms with Crippen LogP contribution in [0, 0.1) is 0 Å². The fraction of sp³-hybridized carbons (Fsp3) is 0.0625. The minimum atomic E-state index is -0.839. The first kappa shape index (κ1) is 29.7. The summed E-state index contributed by atoms with van der Waals surface area (Å²) in [4.78, 5) is 77.3. The average molecular weight is 705 g/mol. The first-order valence-corrected chi connectivity index (χ1v) is 14.3. The number of imide groups is 1. The van der Waals surface area contributed by atoms with Crippen molar-refractivity contribution in [1.29, 1.82) is 0 Å². The second kappa shape index (κ2) is 12.6. The van der Waals surface area contributed by atoms with Crippen LogP contribution in [0.2, 0.25) is 0 Å². The van der Waals surface area contributed by atoms with Gasteiger partial charge in [-0.1, -0.05) is 62.2 Å². The number of ketones is 2. The first-order valence-electron chi connectivity index (χ1n) is 12.7. The second-order valence-corrected chi connectivity index (χ2v) is 11.1. The van der Waals surface area contributed by atoms with Crippen LogP contribution in [0.15, 0.2) is 99.9 Å². The van der Waals surface area contributed by atoms with E-state index in [-0.39, 0.29) is 27.9 Å². The molecule has 43 heavy (non-hydrogen) atoms. The number of carbonyl (C=O) groups is 6. The molecule has 214 valence electrons. The van der Waals surface area contributed by atoms with Crippen LogP contribution in [0.1, 0.15) is 62.1 Å². The Morgan fingerprint density at radius 2 is 1.02 bits per heavy atom. The molecule has 11 heteroatoms. The van der Waals surface area contributed by atoms with Gasteiger partial charge in [-0.05, 0) is 60.7 Å². The van der Waals surface area contributed by atoms with Gasteiger partial charge in [0.2, 0.25) is 0 Å². The van der Waals surface area contributed by atoms with Gasteiger partial charge >= 0.3 is 11.9 Å². The Morgan fingerprint density at radius 1 is 0.558 bits per heavy atom. The van der Waals surface area contributed by atoms with E-state index in [4.69, 9.17) is 9.47 Å². The summed E-state index contributed by atoms with van der Waals surface area (Å²) in [6.45, 7) is -1.00. The van der Waals surface area contributed by atoms with Crippen molar-refractivity contribution < 1.29 is 38.2 Å². The minimum absolute atomic E-state index is 0.0156. The van der Waals surface area contributed by atoms with Crippen LogP contribution in [-0.2, 0) is 9.47 Å². The Labute approximate surface area is 261 Å². The number of ether oxygens (including phenoxy) is 2. The molecule has 0 N–H and O–H groups in total. The molecule has 0 radical (unpaired) electrons. The summed E-state index contributed by atoms with van der Waals surface area (Å²) in [5.41, 5.74) is 0.866. The lowest BCUT2D eigenvalue weighted by Crippen LogP contribution is -2.29. The van der Waals surface area contributed by atoms with Crippen molar-refractivity contribution in [2.75, 3.05) is 18.1 Å². The number of amides is 2. The zero-order valence-corrected chi connectivity index (χ0v) is 25.2. The van der Waals surface area contributed by atoms with E-state index in [0.717, 1.165) is 13.8 Å². The first-order chi connectivity index (χ1) is 20.6. The molecule has 1 heterocycles. The SMILES string of the molecule is O=C(COC(=O)c1cccc(N2C(=O)c3ccc(C(=O)OCC(=O)c4ccc(Br)cc4)cc3C2=O)c1)c1ccc(Br)cc1. The van der Waals surface area contributed by atoms with Gasteiger partial charge in [0.25, 0.3) is 11.8 Å². The van der Waals surface area contributed by atoms with Gasteiger partial charge in [0.15, 0.2) is 24.8 Å². The maximum atomic E-state index is 13.3. The number of Topliss-reactive ketones (excluding diaryl/α,β-unsaturated/α-hetero) is 2. The van der Waals surface area contributed by atoms with Gasteiger partial charge in [0.05, 0.1) is 27.9 Å². The summed E-state index contributed by atoms with van der Waals surface area (Å²) in [6, 6.07) is 22.7. The maximum absolute atomic E-state index is 13.3. The molecule has 0 bridgehead atoms. The fourth-order valence-electron chi connectivity index (χ4n) is 4.24. The van der Waals surface area contributed by atoms with Crippen molar-refractivity contribution in [3.8, 4) is 0 Å². The molecule has 0 spiro atoms. The predicted octanol–water partition coefficient (Wildman–Crippen LogP) is 6.09. The van der Waals surface area contributed by atoms with Crippen LogP contribution >= 0.6 is 31.9 Å². The molecule has 5 rings (SSSR count). The van der Waals surface area contributed by atoms with Crippen molar-refractivity contribution in [3.63, 3.8) is 0 Å². The molecule has 0 atom stereocenters. The molecule has 2 amide bonds. The summed E-state index contributed by atoms with van der Waals surface area (Å²) < 4.78 is 11.9. The number of hydrogen-bond donors (Lipinski definition) is 0.